The Bertz CT molecular complexity index is 598. The van der Waals surface area contributed by atoms with E-state index in [9.17, 15) is 4.21 Å². The smallest absolute Gasteiger partial charge is 0.0647 e. The molecule has 0 saturated heterocycles. The Hall–Kier alpha value is -1.32. The molecule has 0 heterocycles. The second-order valence-corrected chi connectivity index (χ2v) is 5.96. The Kier molecular flexibility index (Phi) is 4.04. The molecule has 0 radical (unpaired) electrons. The van der Waals surface area contributed by atoms with Crippen LogP contribution in [0.1, 0.15) is 11.1 Å². The van der Waals surface area contributed by atoms with Crippen LogP contribution in [0.3, 0.4) is 0 Å². The number of hydrogen-bond acceptors (Lipinski definition) is 2. The molecule has 2 aromatic carbocycles. The van der Waals surface area contributed by atoms with Crippen LogP contribution in [0.25, 0.3) is 0 Å². The Labute approximate surface area is 114 Å². The average molecular weight is 280 g/mol. The third-order valence-corrected chi connectivity index (χ3v) is 4.46. The molecule has 0 aliphatic carbocycles. The van der Waals surface area contributed by atoms with Crippen molar-refractivity contribution in [2.75, 3.05) is 5.73 Å². The number of nitrogen functional groups attached to an aromatic ring is 1. The van der Waals surface area contributed by atoms with Gasteiger partial charge in [0.2, 0.25) is 0 Å². The van der Waals surface area contributed by atoms with Crippen LogP contribution in [0.4, 0.5) is 5.69 Å². The Morgan fingerprint density at radius 3 is 2.61 bits per heavy atom. The lowest BCUT2D eigenvalue weighted by Gasteiger charge is -2.07. The number of anilines is 1. The van der Waals surface area contributed by atoms with Crippen LogP contribution in [-0.2, 0) is 16.6 Å². The van der Waals surface area contributed by atoms with Gasteiger partial charge in [0.1, 0.15) is 0 Å². The summed E-state index contributed by atoms with van der Waals surface area (Å²) >= 11 is 5.93. The summed E-state index contributed by atoms with van der Waals surface area (Å²) in [5, 5.41) is 0.450. The second kappa shape index (κ2) is 5.55. The standard InChI is InChI=1S/C14H14ClNOS/c1-10-4-2-3-5-11(10)9-18(17)12-6-7-14(16)13(15)8-12/h2-8H,9,16H2,1H3. The zero-order valence-corrected chi connectivity index (χ0v) is 11.6. The molecule has 1 atom stereocenters. The van der Waals surface area contributed by atoms with Gasteiger partial charge in [-0.3, -0.25) is 4.21 Å². The van der Waals surface area contributed by atoms with Gasteiger partial charge in [-0.05, 0) is 36.2 Å². The van der Waals surface area contributed by atoms with Crippen LogP contribution in [-0.4, -0.2) is 4.21 Å². The predicted molar refractivity (Wildman–Crippen MR) is 77.2 cm³/mol. The van der Waals surface area contributed by atoms with Crippen molar-refractivity contribution in [1.29, 1.82) is 0 Å². The van der Waals surface area contributed by atoms with E-state index in [-0.39, 0.29) is 0 Å². The van der Waals surface area contributed by atoms with E-state index in [0.717, 1.165) is 11.1 Å². The summed E-state index contributed by atoms with van der Waals surface area (Å²) in [6.07, 6.45) is 0. The number of hydrogen-bond donors (Lipinski definition) is 1. The zero-order chi connectivity index (χ0) is 13.1. The third kappa shape index (κ3) is 2.92. The van der Waals surface area contributed by atoms with Crippen LogP contribution < -0.4 is 5.73 Å². The second-order valence-electron chi connectivity index (χ2n) is 4.10. The molecule has 0 aromatic heterocycles. The molecule has 0 bridgehead atoms. The fourth-order valence-electron chi connectivity index (χ4n) is 1.65. The normalized spacial score (nSPS) is 12.3. The van der Waals surface area contributed by atoms with Gasteiger partial charge >= 0.3 is 0 Å². The van der Waals surface area contributed by atoms with Crippen molar-refractivity contribution in [1.82, 2.24) is 0 Å². The number of nitrogens with two attached hydrogens (primary N) is 1. The Morgan fingerprint density at radius 2 is 1.94 bits per heavy atom. The van der Waals surface area contributed by atoms with Crippen molar-refractivity contribution in [3.8, 4) is 0 Å². The van der Waals surface area contributed by atoms with Crippen molar-refractivity contribution in [3.63, 3.8) is 0 Å². The van der Waals surface area contributed by atoms with Gasteiger partial charge in [-0.1, -0.05) is 35.9 Å². The number of benzene rings is 2. The molecule has 1 unspecified atom stereocenters. The minimum Gasteiger partial charge on any atom is -0.398 e. The average Bonchev–Trinajstić information content (AvgIpc) is 2.35. The summed E-state index contributed by atoms with van der Waals surface area (Å²) in [6.45, 7) is 2.02. The van der Waals surface area contributed by atoms with Crippen LogP contribution in [0.15, 0.2) is 47.4 Å². The summed E-state index contributed by atoms with van der Waals surface area (Å²) in [7, 11) is -1.10. The predicted octanol–water partition coefficient (Wildman–Crippen LogP) is 3.54. The lowest BCUT2D eigenvalue weighted by Crippen LogP contribution is -1.99. The van der Waals surface area contributed by atoms with Crippen molar-refractivity contribution >= 4 is 28.1 Å². The van der Waals surface area contributed by atoms with Gasteiger partial charge in [-0.15, -0.1) is 0 Å². The highest BCUT2D eigenvalue weighted by Crippen LogP contribution is 2.23. The molecule has 2 rings (SSSR count). The van der Waals surface area contributed by atoms with Gasteiger partial charge in [0.15, 0.2) is 0 Å². The van der Waals surface area contributed by atoms with E-state index in [1.807, 2.05) is 31.2 Å². The van der Waals surface area contributed by atoms with E-state index >= 15 is 0 Å². The van der Waals surface area contributed by atoms with Crippen molar-refractivity contribution in [2.24, 2.45) is 0 Å². The van der Waals surface area contributed by atoms with Crippen LogP contribution in [0.2, 0.25) is 5.02 Å². The lowest BCUT2D eigenvalue weighted by atomic mass is 10.1. The summed E-state index contributed by atoms with van der Waals surface area (Å²) in [5.74, 6) is 0.493. The molecule has 0 spiro atoms. The molecule has 4 heteroatoms. The first-order valence-electron chi connectivity index (χ1n) is 5.56. The molecule has 0 aliphatic heterocycles. The molecule has 18 heavy (non-hydrogen) atoms. The summed E-state index contributed by atoms with van der Waals surface area (Å²) < 4.78 is 12.2. The minimum atomic E-state index is -1.10. The highest BCUT2D eigenvalue weighted by molar-refractivity contribution is 7.84. The number of halogens is 1. The number of aryl methyl sites for hydroxylation is 1. The highest BCUT2D eigenvalue weighted by atomic mass is 35.5. The number of rotatable bonds is 3. The molecule has 2 aromatic rings. The quantitative estimate of drug-likeness (QED) is 0.874. The molecule has 94 valence electrons. The first-order chi connectivity index (χ1) is 8.58. The maximum atomic E-state index is 12.2. The largest absolute Gasteiger partial charge is 0.398 e. The van der Waals surface area contributed by atoms with Crippen LogP contribution in [0, 0.1) is 6.92 Å². The van der Waals surface area contributed by atoms with E-state index in [2.05, 4.69) is 0 Å². The Morgan fingerprint density at radius 1 is 1.22 bits per heavy atom. The van der Waals surface area contributed by atoms with Gasteiger partial charge in [0, 0.05) is 4.90 Å². The molecule has 2 nitrogen and oxygen atoms in total. The van der Waals surface area contributed by atoms with Gasteiger partial charge in [-0.25, -0.2) is 0 Å². The van der Waals surface area contributed by atoms with Crippen molar-refractivity contribution in [3.05, 3.63) is 58.6 Å². The van der Waals surface area contributed by atoms with Crippen LogP contribution in [0.5, 0.6) is 0 Å². The lowest BCUT2D eigenvalue weighted by molar-refractivity contribution is 0.682. The minimum absolute atomic E-state index is 0.450. The first-order valence-corrected chi connectivity index (χ1v) is 7.25. The molecular formula is C14H14ClNOS. The van der Waals surface area contributed by atoms with Gasteiger partial charge < -0.3 is 5.73 Å². The van der Waals surface area contributed by atoms with Crippen molar-refractivity contribution < 1.29 is 4.21 Å². The van der Waals surface area contributed by atoms with Crippen molar-refractivity contribution in [2.45, 2.75) is 17.6 Å². The molecule has 0 aliphatic rings. The van der Waals surface area contributed by atoms with Crippen LogP contribution >= 0.6 is 11.6 Å². The topological polar surface area (TPSA) is 43.1 Å². The van der Waals surface area contributed by atoms with E-state index < -0.39 is 10.8 Å². The summed E-state index contributed by atoms with van der Waals surface area (Å²) in [5.41, 5.74) is 8.37. The maximum absolute atomic E-state index is 12.2. The molecule has 0 saturated carbocycles. The zero-order valence-electron chi connectivity index (χ0n) is 10.0. The maximum Gasteiger partial charge on any atom is 0.0647 e. The van der Waals surface area contributed by atoms with Gasteiger partial charge in [0.05, 0.1) is 27.3 Å². The molecule has 2 N–H and O–H groups in total. The first kappa shape index (κ1) is 13.1. The Balaban J connectivity index is 2.22. The highest BCUT2D eigenvalue weighted by Gasteiger charge is 2.08. The monoisotopic (exact) mass is 279 g/mol. The summed E-state index contributed by atoms with van der Waals surface area (Å²) in [4.78, 5) is 0.706. The van der Waals surface area contributed by atoms with E-state index in [0.29, 0.717) is 21.4 Å². The van der Waals surface area contributed by atoms with E-state index in [1.165, 1.54) is 0 Å². The summed E-state index contributed by atoms with van der Waals surface area (Å²) in [6, 6.07) is 13.1. The SMILES string of the molecule is Cc1ccccc1CS(=O)c1ccc(N)c(Cl)c1. The fraction of sp³-hybridized carbons (Fsp3) is 0.143. The van der Waals surface area contributed by atoms with E-state index in [1.54, 1.807) is 18.2 Å². The molecular weight excluding hydrogens is 266 g/mol. The molecule has 0 amide bonds. The fourth-order valence-corrected chi connectivity index (χ4v) is 3.13. The molecule has 0 fully saturated rings. The third-order valence-electron chi connectivity index (χ3n) is 2.78. The van der Waals surface area contributed by atoms with E-state index in [4.69, 9.17) is 17.3 Å². The van der Waals surface area contributed by atoms with Gasteiger partial charge in [-0.2, -0.15) is 0 Å². The van der Waals surface area contributed by atoms with Gasteiger partial charge in [0.25, 0.3) is 0 Å².